The second-order valence-electron chi connectivity index (χ2n) is 5.29. The van der Waals surface area contributed by atoms with E-state index >= 15 is 0 Å². The van der Waals surface area contributed by atoms with E-state index in [0.717, 1.165) is 24.0 Å². The third-order valence-corrected chi connectivity index (χ3v) is 3.57. The molecule has 0 heterocycles. The molecule has 0 aliphatic carbocycles. The number of carbonyl (C=O) groups is 2. The molecule has 2 aromatic rings. The first kappa shape index (κ1) is 19.2. The highest BCUT2D eigenvalue weighted by atomic mass is 19.1. The van der Waals surface area contributed by atoms with Gasteiger partial charge in [-0.05, 0) is 24.3 Å². The molecule has 1 N–H and O–H groups in total. The number of hydrogen-bond acceptors (Lipinski definition) is 4. The number of nitrogens with zero attached hydrogens (tertiary/aromatic N) is 1. The minimum absolute atomic E-state index is 0.300. The third-order valence-electron chi connectivity index (χ3n) is 3.57. The third kappa shape index (κ3) is 4.27. The summed E-state index contributed by atoms with van der Waals surface area (Å²) in [6.07, 6.45) is 0. The maximum absolute atomic E-state index is 14.0. The Labute approximate surface area is 149 Å². The van der Waals surface area contributed by atoms with Gasteiger partial charge >= 0.3 is 0 Å². The molecule has 8 heteroatoms. The zero-order chi connectivity index (χ0) is 19.3. The Kier molecular flexibility index (Phi) is 6.11. The molecule has 0 unspecified atom stereocenters. The number of benzene rings is 2. The molecule has 0 aromatic heterocycles. The predicted octanol–water partition coefficient (Wildman–Crippen LogP) is 2.97. The van der Waals surface area contributed by atoms with Crippen LogP contribution < -0.4 is 19.7 Å². The Morgan fingerprint density at radius 2 is 1.73 bits per heavy atom. The molecule has 0 radical (unpaired) electrons. The molecule has 0 fully saturated rings. The van der Waals surface area contributed by atoms with Crippen LogP contribution in [0.5, 0.6) is 11.5 Å². The Balaban J connectivity index is 2.26. The molecule has 0 saturated carbocycles. The average Bonchev–Trinajstić information content (AvgIpc) is 2.60. The number of ether oxygens (including phenoxy) is 2. The number of rotatable bonds is 6. The van der Waals surface area contributed by atoms with Crippen molar-refractivity contribution in [3.05, 3.63) is 48.0 Å². The van der Waals surface area contributed by atoms with Gasteiger partial charge < -0.3 is 14.8 Å². The number of nitrogens with one attached hydrogen (secondary N) is 1. The number of halogens is 2. The van der Waals surface area contributed by atoms with E-state index in [9.17, 15) is 18.4 Å². The number of amides is 2. The Morgan fingerprint density at radius 1 is 1.08 bits per heavy atom. The van der Waals surface area contributed by atoms with Gasteiger partial charge in [0, 0.05) is 13.0 Å². The summed E-state index contributed by atoms with van der Waals surface area (Å²) >= 11 is 0. The van der Waals surface area contributed by atoms with E-state index in [4.69, 9.17) is 9.47 Å². The van der Waals surface area contributed by atoms with Crippen molar-refractivity contribution in [3.63, 3.8) is 0 Å². The van der Waals surface area contributed by atoms with Crippen molar-refractivity contribution in [2.45, 2.75) is 6.92 Å². The minimum Gasteiger partial charge on any atom is -0.497 e. The summed E-state index contributed by atoms with van der Waals surface area (Å²) in [7, 11) is 2.89. The molecule has 138 valence electrons. The van der Waals surface area contributed by atoms with E-state index in [0.29, 0.717) is 17.2 Å². The molecular formula is C18H18F2N2O4. The second-order valence-corrected chi connectivity index (χ2v) is 5.29. The van der Waals surface area contributed by atoms with E-state index in [1.807, 2.05) is 0 Å². The summed E-state index contributed by atoms with van der Waals surface area (Å²) < 4.78 is 38.1. The van der Waals surface area contributed by atoms with Gasteiger partial charge in [-0.25, -0.2) is 8.78 Å². The highest BCUT2D eigenvalue weighted by Gasteiger charge is 2.23. The lowest BCUT2D eigenvalue weighted by Gasteiger charge is -2.22. The van der Waals surface area contributed by atoms with Crippen LogP contribution in [0.4, 0.5) is 20.2 Å². The van der Waals surface area contributed by atoms with Crippen LogP contribution in [0.15, 0.2) is 36.4 Å². The van der Waals surface area contributed by atoms with Gasteiger partial charge in [0.15, 0.2) is 0 Å². The fraction of sp³-hybridized carbons (Fsp3) is 0.222. The zero-order valence-electron chi connectivity index (χ0n) is 14.5. The van der Waals surface area contributed by atoms with Crippen molar-refractivity contribution >= 4 is 23.2 Å². The number of methoxy groups -OCH3 is 2. The lowest BCUT2D eigenvalue weighted by atomic mass is 10.2. The van der Waals surface area contributed by atoms with Crippen LogP contribution in [0.25, 0.3) is 0 Å². The first-order valence-electron chi connectivity index (χ1n) is 7.61. The van der Waals surface area contributed by atoms with Gasteiger partial charge in [0.25, 0.3) is 0 Å². The molecular weight excluding hydrogens is 346 g/mol. The molecule has 0 spiro atoms. The molecule has 26 heavy (non-hydrogen) atoms. The zero-order valence-corrected chi connectivity index (χ0v) is 14.5. The van der Waals surface area contributed by atoms with Crippen LogP contribution in [0, 0.1) is 11.6 Å². The summed E-state index contributed by atoms with van der Waals surface area (Å²) in [5.74, 6) is -2.37. The quantitative estimate of drug-likeness (QED) is 0.856. The number of carbonyl (C=O) groups excluding carboxylic acids is 2. The van der Waals surface area contributed by atoms with Crippen molar-refractivity contribution < 1.29 is 27.8 Å². The van der Waals surface area contributed by atoms with Crippen LogP contribution in [0.1, 0.15) is 6.92 Å². The molecule has 0 atom stereocenters. The standard InChI is InChI=1S/C18H18F2N2O4/c1-11(23)22(18-13(19)5-4-6-14(18)20)10-17(24)21-15-9-12(25-2)7-8-16(15)26-3/h4-9H,10H2,1-3H3,(H,21,24). The van der Waals surface area contributed by atoms with E-state index < -0.39 is 35.7 Å². The summed E-state index contributed by atoms with van der Waals surface area (Å²) in [6.45, 7) is 0.541. The van der Waals surface area contributed by atoms with E-state index in [2.05, 4.69) is 5.32 Å². The lowest BCUT2D eigenvalue weighted by molar-refractivity contribution is -0.120. The molecule has 0 saturated heterocycles. The van der Waals surface area contributed by atoms with E-state index in [1.165, 1.54) is 26.4 Å². The number of hydrogen-bond donors (Lipinski definition) is 1. The molecule has 2 aromatic carbocycles. The van der Waals surface area contributed by atoms with Gasteiger partial charge in [-0.1, -0.05) is 6.07 Å². The van der Waals surface area contributed by atoms with E-state index in [-0.39, 0.29) is 0 Å². The monoisotopic (exact) mass is 364 g/mol. The smallest absolute Gasteiger partial charge is 0.244 e. The maximum Gasteiger partial charge on any atom is 0.244 e. The molecule has 2 rings (SSSR count). The summed E-state index contributed by atoms with van der Waals surface area (Å²) in [5.41, 5.74) is -0.276. The van der Waals surface area contributed by atoms with Crippen molar-refractivity contribution in [1.82, 2.24) is 0 Å². The molecule has 6 nitrogen and oxygen atoms in total. The maximum atomic E-state index is 14.0. The predicted molar refractivity (Wildman–Crippen MR) is 92.6 cm³/mol. The largest absolute Gasteiger partial charge is 0.497 e. The van der Waals surface area contributed by atoms with Crippen LogP contribution in [0.3, 0.4) is 0 Å². The van der Waals surface area contributed by atoms with Crippen LogP contribution in [-0.4, -0.2) is 32.6 Å². The Bertz CT molecular complexity index is 807. The van der Waals surface area contributed by atoms with Gasteiger partial charge in [0.05, 0.1) is 19.9 Å². The van der Waals surface area contributed by atoms with Gasteiger partial charge in [-0.2, -0.15) is 0 Å². The summed E-state index contributed by atoms with van der Waals surface area (Å²) in [6, 6.07) is 7.96. The summed E-state index contributed by atoms with van der Waals surface area (Å²) in [4.78, 5) is 24.9. The Hall–Kier alpha value is -3.16. The lowest BCUT2D eigenvalue weighted by Crippen LogP contribution is -2.37. The fourth-order valence-electron chi connectivity index (χ4n) is 2.34. The van der Waals surface area contributed by atoms with Crippen molar-refractivity contribution in [2.75, 3.05) is 31.0 Å². The minimum atomic E-state index is -0.938. The SMILES string of the molecule is COc1ccc(OC)c(NC(=O)CN(C(C)=O)c2c(F)cccc2F)c1. The van der Waals surface area contributed by atoms with Crippen LogP contribution in [0.2, 0.25) is 0 Å². The first-order valence-corrected chi connectivity index (χ1v) is 7.61. The molecule has 2 amide bonds. The molecule has 0 aliphatic rings. The second kappa shape index (κ2) is 8.28. The number of para-hydroxylation sites is 1. The average molecular weight is 364 g/mol. The van der Waals surface area contributed by atoms with E-state index in [1.54, 1.807) is 12.1 Å². The molecule has 0 aliphatic heterocycles. The summed E-state index contributed by atoms with van der Waals surface area (Å²) in [5, 5.41) is 2.55. The van der Waals surface area contributed by atoms with Gasteiger partial charge in [-0.3, -0.25) is 14.5 Å². The van der Waals surface area contributed by atoms with Crippen LogP contribution in [-0.2, 0) is 9.59 Å². The van der Waals surface area contributed by atoms with Gasteiger partial charge in [0.1, 0.15) is 35.4 Å². The van der Waals surface area contributed by atoms with Crippen molar-refractivity contribution in [1.29, 1.82) is 0 Å². The fourth-order valence-corrected chi connectivity index (χ4v) is 2.34. The van der Waals surface area contributed by atoms with Gasteiger partial charge in [0.2, 0.25) is 11.8 Å². The Morgan fingerprint density at radius 3 is 2.27 bits per heavy atom. The topological polar surface area (TPSA) is 67.9 Å². The van der Waals surface area contributed by atoms with Crippen LogP contribution >= 0.6 is 0 Å². The first-order chi connectivity index (χ1) is 12.4. The van der Waals surface area contributed by atoms with Crippen molar-refractivity contribution in [3.8, 4) is 11.5 Å². The highest BCUT2D eigenvalue weighted by molar-refractivity contribution is 6.02. The highest BCUT2D eigenvalue weighted by Crippen LogP contribution is 2.29. The normalized spacial score (nSPS) is 10.2. The number of anilines is 2. The molecule has 0 bridgehead atoms. The van der Waals surface area contributed by atoms with Crippen molar-refractivity contribution in [2.24, 2.45) is 0 Å². The van der Waals surface area contributed by atoms with Gasteiger partial charge in [-0.15, -0.1) is 0 Å².